The van der Waals surface area contributed by atoms with E-state index in [1.807, 2.05) is 55.6 Å². The first-order chi connectivity index (χ1) is 6.24. The predicted molar refractivity (Wildman–Crippen MR) is 53.8 cm³/mol. The van der Waals surface area contributed by atoms with Crippen molar-refractivity contribution in [2.24, 2.45) is 0 Å². The Morgan fingerprint density at radius 2 is 1.92 bits per heavy atom. The minimum absolute atomic E-state index is 0.575. The summed E-state index contributed by atoms with van der Waals surface area (Å²) >= 11 is 0. The van der Waals surface area contributed by atoms with Crippen molar-refractivity contribution in [3.8, 4) is 0 Å². The van der Waals surface area contributed by atoms with Gasteiger partial charge in [-0.05, 0) is 5.56 Å². The topological polar surface area (TPSA) is 20.3 Å². The molecular weight excluding hydrogens is 162 g/mol. The van der Waals surface area contributed by atoms with E-state index >= 15 is 0 Å². The molecule has 0 heterocycles. The lowest BCUT2D eigenvalue weighted by Gasteiger charge is -2.06. The van der Waals surface area contributed by atoms with Crippen molar-refractivity contribution in [2.75, 3.05) is 14.1 Å². The van der Waals surface area contributed by atoms with Crippen molar-refractivity contribution in [1.29, 1.82) is 0 Å². The molecule has 0 N–H and O–H groups in total. The number of hydrogen-bond acceptors (Lipinski definition) is 2. The number of allylic oxidation sites excluding steroid dienone is 1. The first-order valence-electron chi connectivity index (χ1n) is 4.06. The summed E-state index contributed by atoms with van der Waals surface area (Å²) in [6, 6.07) is 9.49. The summed E-state index contributed by atoms with van der Waals surface area (Å²) in [5.74, 6) is 0. The lowest BCUT2D eigenvalue weighted by Crippen LogP contribution is -2.03. The van der Waals surface area contributed by atoms with Crippen LogP contribution in [0.1, 0.15) is 5.56 Å². The lowest BCUT2D eigenvalue weighted by molar-refractivity contribution is 0.556. The molecule has 2 heteroatoms. The van der Waals surface area contributed by atoms with Crippen LogP contribution in [-0.2, 0) is 4.79 Å². The monoisotopic (exact) mass is 174 g/mol. The van der Waals surface area contributed by atoms with Crippen LogP contribution < -0.4 is 0 Å². The van der Waals surface area contributed by atoms with Crippen molar-refractivity contribution in [3.63, 3.8) is 0 Å². The third kappa shape index (κ3) is 2.75. The van der Waals surface area contributed by atoms with Gasteiger partial charge in [-0.2, -0.15) is 0 Å². The highest BCUT2D eigenvalue weighted by Crippen LogP contribution is 2.11. The van der Waals surface area contributed by atoms with E-state index in [0.29, 0.717) is 5.57 Å². The number of rotatable bonds is 3. The van der Waals surface area contributed by atoms with Gasteiger partial charge in [-0.1, -0.05) is 30.3 Å². The molecule has 0 bridgehead atoms. The van der Waals surface area contributed by atoms with Crippen molar-refractivity contribution < 1.29 is 4.79 Å². The molecule has 0 atom stereocenters. The van der Waals surface area contributed by atoms with Gasteiger partial charge in [-0.3, -0.25) is 4.79 Å². The van der Waals surface area contributed by atoms with Crippen LogP contribution in [0.5, 0.6) is 0 Å². The zero-order valence-electron chi connectivity index (χ0n) is 7.82. The van der Waals surface area contributed by atoms with Crippen LogP contribution in [0.25, 0.3) is 5.57 Å². The molecule has 0 saturated carbocycles. The fourth-order valence-corrected chi connectivity index (χ4v) is 1.04. The Kier molecular flexibility index (Phi) is 3.26. The number of benzene rings is 1. The Hall–Kier alpha value is -1.57. The van der Waals surface area contributed by atoms with Gasteiger partial charge in [0.1, 0.15) is 0 Å². The van der Waals surface area contributed by atoms with Gasteiger partial charge in [-0.15, -0.1) is 0 Å². The third-order valence-electron chi connectivity index (χ3n) is 1.58. The normalized spacial score (nSPS) is 11.1. The fraction of sp³-hybridized carbons (Fsp3) is 0.182. The van der Waals surface area contributed by atoms with E-state index in [2.05, 4.69) is 0 Å². The molecule has 0 aliphatic heterocycles. The van der Waals surface area contributed by atoms with E-state index < -0.39 is 0 Å². The highest BCUT2D eigenvalue weighted by Gasteiger charge is 1.99. The maximum absolute atomic E-state index is 10.6. The second-order valence-electron chi connectivity index (χ2n) is 2.97. The molecule has 0 spiro atoms. The van der Waals surface area contributed by atoms with E-state index in [-0.39, 0.29) is 0 Å². The SMILES string of the molecule is CN(C)/C=C(\[C]=O)c1ccccc1. The summed E-state index contributed by atoms with van der Waals surface area (Å²) in [4.78, 5) is 12.4. The number of carbonyl (C=O) groups excluding carboxylic acids is 1. The van der Waals surface area contributed by atoms with Crippen molar-refractivity contribution >= 4 is 11.9 Å². The van der Waals surface area contributed by atoms with Gasteiger partial charge in [0, 0.05) is 25.9 Å². The largest absolute Gasteiger partial charge is 0.383 e. The van der Waals surface area contributed by atoms with Crippen LogP contribution in [0.2, 0.25) is 0 Å². The first-order valence-corrected chi connectivity index (χ1v) is 4.06. The molecule has 1 rings (SSSR count). The molecule has 0 aliphatic rings. The van der Waals surface area contributed by atoms with Gasteiger partial charge in [0.25, 0.3) is 0 Å². The van der Waals surface area contributed by atoms with Crippen molar-refractivity contribution in [3.05, 3.63) is 42.1 Å². The lowest BCUT2D eigenvalue weighted by atomic mass is 10.1. The zero-order chi connectivity index (χ0) is 9.68. The third-order valence-corrected chi connectivity index (χ3v) is 1.58. The molecule has 0 unspecified atom stereocenters. The van der Waals surface area contributed by atoms with Gasteiger partial charge in [0.2, 0.25) is 6.29 Å². The van der Waals surface area contributed by atoms with Gasteiger partial charge in [-0.25, -0.2) is 0 Å². The maximum atomic E-state index is 10.6. The van der Waals surface area contributed by atoms with E-state index in [1.165, 1.54) is 0 Å². The summed E-state index contributed by atoms with van der Waals surface area (Å²) in [6.45, 7) is 0. The summed E-state index contributed by atoms with van der Waals surface area (Å²) < 4.78 is 0. The van der Waals surface area contributed by atoms with Crippen LogP contribution in [0.3, 0.4) is 0 Å². The molecule has 1 radical (unpaired) electrons. The Morgan fingerprint density at radius 1 is 1.31 bits per heavy atom. The Morgan fingerprint density at radius 3 is 2.38 bits per heavy atom. The average Bonchev–Trinajstić information content (AvgIpc) is 2.15. The molecule has 2 nitrogen and oxygen atoms in total. The Bertz CT molecular complexity index is 301. The molecule has 0 aromatic heterocycles. The number of hydrogen-bond donors (Lipinski definition) is 0. The average molecular weight is 174 g/mol. The summed E-state index contributed by atoms with van der Waals surface area (Å²) in [6.07, 6.45) is 3.67. The minimum Gasteiger partial charge on any atom is -0.383 e. The Balaban J connectivity index is 2.98. The second-order valence-corrected chi connectivity index (χ2v) is 2.97. The maximum Gasteiger partial charge on any atom is 0.235 e. The molecule has 1 aromatic carbocycles. The molecule has 0 aliphatic carbocycles. The molecule has 67 valence electrons. The highest BCUT2D eigenvalue weighted by atomic mass is 16.1. The molecule has 13 heavy (non-hydrogen) atoms. The predicted octanol–water partition coefficient (Wildman–Crippen LogP) is 1.70. The highest BCUT2D eigenvalue weighted by molar-refractivity contribution is 6.07. The minimum atomic E-state index is 0.575. The van der Waals surface area contributed by atoms with Gasteiger partial charge < -0.3 is 4.90 Å². The van der Waals surface area contributed by atoms with E-state index in [4.69, 9.17) is 0 Å². The van der Waals surface area contributed by atoms with Crippen LogP contribution in [-0.4, -0.2) is 25.3 Å². The summed E-state index contributed by atoms with van der Waals surface area (Å²) in [7, 11) is 3.75. The van der Waals surface area contributed by atoms with Gasteiger partial charge >= 0.3 is 0 Å². The van der Waals surface area contributed by atoms with Crippen LogP contribution in [0, 0.1) is 0 Å². The van der Waals surface area contributed by atoms with Gasteiger partial charge in [0.05, 0.1) is 0 Å². The van der Waals surface area contributed by atoms with E-state index in [1.54, 1.807) is 6.20 Å². The quantitative estimate of drug-likeness (QED) is 0.650. The molecule has 0 saturated heterocycles. The zero-order valence-corrected chi connectivity index (χ0v) is 7.82. The van der Waals surface area contributed by atoms with Crippen molar-refractivity contribution in [1.82, 2.24) is 4.90 Å². The fourth-order valence-electron chi connectivity index (χ4n) is 1.04. The summed E-state index contributed by atoms with van der Waals surface area (Å²) in [5.41, 5.74) is 1.47. The van der Waals surface area contributed by atoms with E-state index in [0.717, 1.165) is 5.56 Å². The molecule has 1 aromatic rings. The summed E-state index contributed by atoms with van der Waals surface area (Å²) in [5, 5.41) is 0. The first kappa shape index (κ1) is 9.52. The Labute approximate surface area is 78.5 Å². The van der Waals surface area contributed by atoms with Crippen LogP contribution in [0.4, 0.5) is 0 Å². The molecule has 0 amide bonds. The smallest absolute Gasteiger partial charge is 0.235 e. The van der Waals surface area contributed by atoms with Crippen LogP contribution in [0.15, 0.2) is 36.5 Å². The van der Waals surface area contributed by atoms with Crippen LogP contribution >= 0.6 is 0 Å². The van der Waals surface area contributed by atoms with Gasteiger partial charge in [0.15, 0.2) is 0 Å². The molecular formula is C11H12NO. The molecule has 0 fully saturated rings. The number of nitrogens with zero attached hydrogens (tertiary/aromatic N) is 1. The standard InChI is InChI=1S/C11H12NO/c1-12(2)8-11(9-13)10-6-4-3-5-7-10/h3-8H,1-2H3/b11-8+. The van der Waals surface area contributed by atoms with Crippen molar-refractivity contribution in [2.45, 2.75) is 0 Å². The van der Waals surface area contributed by atoms with E-state index in [9.17, 15) is 4.79 Å². The second kappa shape index (κ2) is 4.45.